The third kappa shape index (κ3) is 6.76. The van der Waals surface area contributed by atoms with Gasteiger partial charge >= 0.3 is 18.1 Å². The summed E-state index contributed by atoms with van der Waals surface area (Å²) < 4.78 is 50.1. The van der Waals surface area contributed by atoms with Crippen LogP contribution in [0.2, 0.25) is 0 Å². The van der Waals surface area contributed by atoms with E-state index in [4.69, 9.17) is 9.47 Å². The second-order valence-electron chi connectivity index (χ2n) is 9.26. The fourth-order valence-corrected chi connectivity index (χ4v) is 2.73. The summed E-state index contributed by atoms with van der Waals surface area (Å²) in [6.07, 6.45) is -4.76. The van der Waals surface area contributed by atoms with Crippen molar-refractivity contribution in [1.29, 1.82) is 0 Å². The molecule has 2 aromatic rings. The lowest BCUT2D eigenvalue weighted by molar-refractivity contribution is -0.174. The Morgan fingerprint density at radius 1 is 1.00 bits per heavy atom. The molecule has 1 aromatic heterocycles. The second kappa shape index (κ2) is 8.87. The van der Waals surface area contributed by atoms with Gasteiger partial charge in [0.05, 0.1) is 10.9 Å². The number of fused-ring (bicyclic) bond motifs is 1. The molecule has 0 bridgehead atoms. The lowest BCUT2D eigenvalue weighted by Gasteiger charge is -2.26. The van der Waals surface area contributed by atoms with Gasteiger partial charge in [-0.1, -0.05) is 5.21 Å². The van der Waals surface area contributed by atoms with Crippen molar-refractivity contribution in [2.45, 2.75) is 71.9 Å². The normalized spacial score (nSPS) is 12.8. The molecule has 2 rings (SSSR count). The van der Waals surface area contributed by atoms with Crippen LogP contribution in [0.1, 0.15) is 53.5 Å². The molecule has 0 radical (unpaired) electrons. The highest BCUT2D eigenvalue weighted by Gasteiger charge is 2.35. The SMILES string of the molecule is CC(C)(C)OC(=O)C(CCn1nnc2cc(C(F)(F)F)ccc2c1=O)C(=O)OC(C)(C)C. The lowest BCUT2D eigenvalue weighted by Crippen LogP contribution is -2.38. The molecule has 0 N–H and O–H groups in total. The van der Waals surface area contributed by atoms with Crippen LogP contribution in [-0.2, 0) is 31.8 Å². The van der Waals surface area contributed by atoms with Crippen LogP contribution in [0.3, 0.4) is 0 Å². The van der Waals surface area contributed by atoms with Crippen LogP contribution in [0.25, 0.3) is 10.9 Å². The number of alkyl halides is 3. The van der Waals surface area contributed by atoms with E-state index in [0.717, 1.165) is 22.9 Å². The predicted molar refractivity (Wildman–Crippen MR) is 109 cm³/mol. The Hall–Kier alpha value is -2.98. The van der Waals surface area contributed by atoms with E-state index in [1.807, 2.05) is 0 Å². The first-order valence-electron chi connectivity index (χ1n) is 9.88. The van der Waals surface area contributed by atoms with E-state index in [9.17, 15) is 27.6 Å². The molecule has 11 heteroatoms. The molecule has 1 heterocycles. The number of esters is 2. The molecule has 0 aliphatic carbocycles. The fourth-order valence-electron chi connectivity index (χ4n) is 2.73. The molecule has 8 nitrogen and oxygen atoms in total. The Kier molecular flexibility index (Phi) is 7.01. The molecule has 0 aliphatic heterocycles. The number of halogens is 3. The van der Waals surface area contributed by atoms with Crippen molar-refractivity contribution < 1.29 is 32.2 Å². The molecule has 0 aliphatic rings. The van der Waals surface area contributed by atoms with Gasteiger partial charge in [0, 0.05) is 6.54 Å². The number of ether oxygens (including phenoxy) is 2. The summed E-state index contributed by atoms with van der Waals surface area (Å²) >= 11 is 0. The summed E-state index contributed by atoms with van der Waals surface area (Å²) in [6, 6.07) is 2.53. The number of hydrogen-bond donors (Lipinski definition) is 0. The first-order valence-corrected chi connectivity index (χ1v) is 9.88. The number of carbonyl (C=O) groups is 2. The summed E-state index contributed by atoms with van der Waals surface area (Å²) in [4.78, 5) is 37.8. The number of benzene rings is 1. The van der Waals surface area contributed by atoms with Gasteiger partial charge in [0.2, 0.25) is 0 Å². The van der Waals surface area contributed by atoms with Crippen LogP contribution < -0.4 is 5.56 Å². The minimum atomic E-state index is -4.58. The fraction of sp³-hybridized carbons (Fsp3) is 0.571. The van der Waals surface area contributed by atoms with Gasteiger partial charge in [0.1, 0.15) is 16.7 Å². The zero-order valence-corrected chi connectivity index (χ0v) is 18.7. The van der Waals surface area contributed by atoms with Gasteiger partial charge in [0.25, 0.3) is 5.56 Å². The van der Waals surface area contributed by atoms with E-state index in [2.05, 4.69) is 10.3 Å². The van der Waals surface area contributed by atoms with E-state index in [1.54, 1.807) is 41.5 Å². The summed E-state index contributed by atoms with van der Waals surface area (Å²) in [5, 5.41) is 7.26. The van der Waals surface area contributed by atoms with Crippen LogP contribution >= 0.6 is 0 Å². The van der Waals surface area contributed by atoms with Gasteiger partial charge in [0.15, 0.2) is 5.92 Å². The number of rotatable bonds is 5. The van der Waals surface area contributed by atoms with Crippen LogP contribution in [-0.4, -0.2) is 38.1 Å². The molecule has 176 valence electrons. The van der Waals surface area contributed by atoms with Gasteiger partial charge in [-0.05, 0) is 66.2 Å². The molecule has 0 saturated carbocycles. The molecule has 0 unspecified atom stereocenters. The third-order valence-corrected chi connectivity index (χ3v) is 4.06. The summed E-state index contributed by atoms with van der Waals surface area (Å²) in [5.41, 5.74) is -3.57. The van der Waals surface area contributed by atoms with Crippen molar-refractivity contribution in [2.75, 3.05) is 0 Å². The average molecular weight is 457 g/mol. The number of hydrogen-bond acceptors (Lipinski definition) is 7. The van der Waals surface area contributed by atoms with E-state index < -0.39 is 46.4 Å². The third-order valence-electron chi connectivity index (χ3n) is 4.06. The van der Waals surface area contributed by atoms with Crippen LogP contribution in [0, 0.1) is 5.92 Å². The Bertz CT molecular complexity index is 1040. The van der Waals surface area contributed by atoms with Crippen LogP contribution in [0.15, 0.2) is 23.0 Å². The van der Waals surface area contributed by atoms with Crippen molar-refractivity contribution >= 4 is 22.8 Å². The van der Waals surface area contributed by atoms with E-state index in [0.29, 0.717) is 0 Å². The van der Waals surface area contributed by atoms with Crippen molar-refractivity contribution in [3.05, 3.63) is 34.1 Å². The first kappa shape index (κ1) is 25.3. The van der Waals surface area contributed by atoms with E-state index in [1.165, 1.54) is 0 Å². The maximum absolute atomic E-state index is 12.9. The first-order chi connectivity index (χ1) is 14.5. The standard InChI is InChI=1S/C21H26F3N3O5/c1-19(2,3)31-17(29)14(18(30)32-20(4,5)6)9-10-27-16(28)13-8-7-12(21(22,23)24)11-15(13)25-26-27/h7-8,11,14H,9-10H2,1-6H3. The molecule has 0 amide bonds. The van der Waals surface area contributed by atoms with Crippen molar-refractivity contribution in [3.63, 3.8) is 0 Å². The van der Waals surface area contributed by atoms with E-state index in [-0.39, 0.29) is 23.9 Å². The van der Waals surface area contributed by atoms with Gasteiger partial charge in [-0.15, -0.1) is 5.10 Å². The molecule has 0 atom stereocenters. The van der Waals surface area contributed by atoms with Gasteiger partial charge < -0.3 is 9.47 Å². The Morgan fingerprint density at radius 2 is 1.53 bits per heavy atom. The minimum Gasteiger partial charge on any atom is -0.459 e. The maximum Gasteiger partial charge on any atom is 0.416 e. The largest absolute Gasteiger partial charge is 0.459 e. The predicted octanol–water partition coefficient (Wildman–Crippen LogP) is 3.50. The van der Waals surface area contributed by atoms with Crippen molar-refractivity contribution in [3.8, 4) is 0 Å². The molecular weight excluding hydrogens is 431 g/mol. The Morgan fingerprint density at radius 3 is 2.00 bits per heavy atom. The maximum atomic E-state index is 12.9. The van der Waals surface area contributed by atoms with E-state index >= 15 is 0 Å². The number of aromatic nitrogens is 3. The zero-order valence-electron chi connectivity index (χ0n) is 18.7. The summed E-state index contributed by atoms with van der Waals surface area (Å²) in [5.74, 6) is -2.96. The quantitative estimate of drug-likeness (QED) is 0.500. The molecule has 32 heavy (non-hydrogen) atoms. The van der Waals surface area contributed by atoms with Crippen LogP contribution in [0.4, 0.5) is 13.2 Å². The highest BCUT2D eigenvalue weighted by Crippen LogP contribution is 2.30. The number of aryl methyl sites for hydroxylation is 1. The number of nitrogens with zero attached hydrogens (tertiary/aromatic N) is 3. The zero-order chi connectivity index (χ0) is 24.5. The summed E-state index contributed by atoms with van der Waals surface area (Å²) in [7, 11) is 0. The average Bonchev–Trinajstić information content (AvgIpc) is 2.59. The van der Waals surface area contributed by atoms with Gasteiger partial charge in [-0.25, -0.2) is 4.68 Å². The smallest absolute Gasteiger partial charge is 0.416 e. The highest BCUT2D eigenvalue weighted by molar-refractivity contribution is 5.95. The summed E-state index contributed by atoms with van der Waals surface area (Å²) in [6.45, 7) is 9.66. The topological polar surface area (TPSA) is 100 Å². The Balaban J connectivity index is 2.31. The van der Waals surface area contributed by atoms with Gasteiger partial charge in [-0.3, -0.25) is 14.4 Å². The second-order valence-corrected chi connectivity index (χ2v) is 9.26. The van der Waals surface area contributed by atoms with Gasteiger partial charge in [-0.2, -0.15) is 13.2 Å². The molecule has 0 fully saturated rings. The highest BCUT2D eigenvalue weighted by atomic mass is 19.4. The molecule has 0 saturated heterocycles. The molecular formula is C21H26F3N3O5. The molecule has 0 spiro atoms. The van der Waals surface area contributed by atoms with Crippen LogP contribution in [0.5, 0.6) is 0 Å². The molecule has 1 aromatic carbocycles. The number of carbonyl (C=O) groups excluding carboxylic acids is 2. The van der Waals surface area contributed by atoms with Crippen molar-refractivity contribution in [2.24, 2.45) is 5.92 Å². The lowest BCUT2D eigenvalue weighted by atomic mass is 10.0. The Labute approximate surface area is 182 Å². The minimum absolute atomic E-state index is 0.0703. The van der Waals surface area contributed by atoms with Crippen molar-refractivity contribution in [1.82, 2.24) is 15.0 Å². The monoisotopic (exact) mass is 457 g/mol.